The first-order valence-corrected chi connectivity index (χ1v) is 7.15. The maximum Gasteiger partial charge on any atom is 0.305 e. The van der Waals surface area contributed by atoms with Crippen LogP contribution in [0.25, 0.3) is 0 Å². The Labute approximate surface area is 124 Å². The normalized spacial score (nSPS) is 21.2. The minimum atomic E-state index is -0.917. The molecule has 5 heteroatoms. The minimum absolute atomic E-state index is 0.0940. The average Bonchev–Trinajstić information content (AvgIpc) is 2.85. The van der Waals surface area contributed by atoms with Crippen LogP contribution in [0.3, 0.4) is 0 Å². The lowest BCUT2D eigenvalue weighted by Crippen LogP contribution is -2.50. The van der Waals surface area contributed by atoms with E-state index in [0.29, 0.717) is 25.9 Å². The van der Waals surface area contributed by atoms with Crippen LogP contribution in [0.5, 0.6) is 0 Å². The predicted octanol–water partition coefficient (Wildman–Crippen LogP) is 1.68. The number of carboxylic acids is 1. The van der Waals surface area contributed by atoms with E-state index in [1.54, 1.807) is 0 Å². The molecule has 0 radical (unpaired) electrons. The van der Waals surface area contributed by atoms with E-state index >= 15 is 0 Å². The molecule has 1 fully saturated rings. The van der Waals surface area contributed by atoms with E-state index in [-0.39, 0.29) is 18.9 Å². The lowest BCUT2D eigenvalue weighted by atomic mass is 9.94. The molecule has 5 nitrogen and oxygen atoms in total. The van der Waals surface area contributed by atoms with Gasteiger partial charge in [0.05, 0.1) is 18.6 Å². The standard InChI is InChI=1S/C16H21NO4/c1-12-2-4-13(5-3-12)6-7-14(18)17-16(10-15(19)20)8-9-21-11-16/h2-5H,6-11H2,1H3,(H,17,18)(H,19,20). The van der Waals surface area contributed by atoms with Crippen molar-refractivity contribution in [2.24, 2.45) is 0 Å². The van der Waals surface area contributed by atoms with Gasteiger partial charge in [0.2, 0.25) is 5.91 Å². The van der Waals surface area contributed by atoms with Crippen LogP contribution in [-0.4, -0.2) is 35.7 Å². The van der Waals surface area contributed by atoms with Gasteiger partial charge in [0.25, 0.3) is 0 Å². The van der Waals surface area contributed by atoms with E-state index in [4.69, 9.17) is 9.84 Å². The molecule has 2 N–H and O–H groups in total. The molecule has 1 aliphatic heterocycles. The van der Waals surface area contributed by atoms with Gasteiger partial charge in [0.15, 0.2) is 0 Å². The van der Waals surface area contributed by atoms with Crippen molar-refractivity contribution >= 4 is 11.9 Å². The number of carbonyl (C=O) groups excluding carboxylic acids is 1. The monoisotopic (exact) mass is 291 g/mol. The fraction of sp³-hybridized carbons (Fsp3) is 0.500. The summed E-state index contributed by atoms with van der Waals surface area (Å²) in [6.45, 7) is 2.79. The van der Waals surface area contributed by atoms with Gasteiger partial charge in [0, 0.05) is 13.0 Å². The molecular formula is C16H21NO4. The Kier molecular flexibility index (Phi) is 4.96. The van der Waals surface area contributed by atoms with E-state index in [2.05, 4.69) is 5.32 Å². The summed E-state index contributed by atoms with van der Waals surface area (Å²) in [6, 6.07) is 8.05. The molecule has 1 unspecified atom stereocenters. The van der Waals surface area contributed by atoms with Crippen LogP contribution >= 0.6 is 0 Å². The zero-order valence-corrected chi connectivity index (χ0v) is 12.2. The van der Waals surface area contributed by atoms with Crippen LogP contribution < -0.4 is 5.32 Å². The maximum atomic E-state index is 12.1. The highest BCUT2D eigenvalue weighted by Crippen LogP contribution is 2.23. The summed E-state index contributed by atoms with van der Waals surface area (Å²) in [5, 5.41) is 11.8. The van der Waals surface area contributed by atoms with Crippen LogP contribution in [0.15, 0.2) is 24.3 Å². The van der Waals surface area contributed by atoms with Crippen molar-refractivity contribution < 1.29 is 19.4 Å². The zero-order valence-electron chi connectivity index (χ0n) is 12.2. The summed E-state index contributed by atoms with van der Waals surface area (Å²) in [4.78, 5) is 23.0. The number of carboxylic acid groups (broad SMARTS) is 1. The Bertz CT molecular complexity index is 504. The largest absolute Gasteiger partial charge is 0.481 e. The van der Waals surface area contributed by atoms with Gasteiger partial charge in [-0.3, -0.25) is 9.59 Å². The van der Waals surface area contributed by atoms with E-state index in [9.17, 15) is 9.59 Å². The fourth-order valence-electron chi connectivity index (χ4n) is 2.55. The molecule has 0 aliphatic carbocycles. The van der Waals surface area contributed by atoms with Crippen molar-refractivity contribution in [3.63, 3.8) is 0 Å². The molecule has 1 aliphatic rings. The molecule has 1 saturated heterocycles. The van der Waals surface area contributed by atoms with Crippen molar-refractivity contribution in [2.45, 2.75) is 38.1 Å². The molecule has 1 aromatic carbocycles. The molecular weight excluding hydrogens is 270 g/mol. The van der Waals surface area contributed by atoms with Crippen molar-refractivity contribution in [1.82, 2.24) is 5.32 Å². The summed E-state index contributed by atoms with van der Waals surface area (Å²) < 4.78 is 5.26. The molecule has 0 spiro atoms. The van der Waals surface area contributed by atoms with Gasteiger partial charge in [-0.25, -0.2) is 0 Å². The summed E-state index contributed by atoms with van der Waals surface area (Å²) in [6.07, 6.45) is 1.46. The fourth-order valence-corrected chi connectivity index (χ4v) is 2.55. The second kappa shape index (κ2) is 6.72. The third kappa shape index (κ3) is 4.56. The van der Waals surface area contributed by atoms with Crippen molar-refractivity contribution in [3.8, 4) is 0 Å². The number of rotatable bonds is 6. The van der Waals surface area contributed by atoms with Crippen molar-refractivity contribution in [3.05, 3.63) is 35.4 Å². The van der Waals surface area contributed by atoms with Crippen molar-refractivity contribution in [1.29, 1.82) is 0 Å². The van der Waals surface area contributed by atoms with Crippen LogP contribution in [-0.2, 0) is 20.7 Å². The second-order valence-electron chi connectivity index (χ2n) is 5.69. The minimum Gasteiger partial charge on any atom is -0.481 e. The quantitative estimate of drug-likeness (QED) is 0.836. The maximum absolute atomic E-state index is 12.1. The molecule has 21 heavy (non-hydrogen) atoms. The van der Waals surface area contributed by atoms with Crippen LogP contribution in [0.2, 0.25) is 0 Å². The Balaban J connectivity index is 1.87. The topological polar surface area (TPSA) is 75.6 Å². The van der Waals surface area contributed by atoms with E-state index in [0.717, 1.165) is 5.56 Å². The van der Waals surface area contributed by atoms with Crippen molar-refractivity contribution in [2.75, 3.05) is 13.2 Å². The number of aryl methyl sites for hydroxylation is 2. The highest BCUT2D eigenvalue weighted by atomic mass is 16.5. The molecule has 1 heterocycles. The zero-order chi connectivity index (χ0) is 15.3. The number of carbonyl (C=O) groups is 2. The Morgan fingerprint density at radius 1 is 1.33 bits per heavy atom. The smallest absolute Gasteiger partial charge is 0.305 e. The first-order valence-electron chi connectivity index (χ1n) is 7.15. The van der Waals surface area contributed by atoms with Gasteiger partial charge in [0.1, 0.15) is 0 Å². The van der Waals surface area contributed by atoms with Gasteiger partial charge >= 0.3 is 5.97 Å². The number of amides is 1. The van der Waals surface area contributed by atoms with Gasteiger partial charge in [-0.1, -0.05) is 29.8 Å². The SMILES string of the molecule is Cc1ccc(CCC(=O)NC2(CC(=O)O)CCOC2)cc1. The van der Waals surface area contributed by atoms with Crippen LogP contribution in [0.1, 0.15) is 30.4 Å². The molecule has 0 bridgehead atoms. The van der Waals surface area contributed by atoms with Gasteiger partial charge < -0.3 is 15.2 Å². The number of hydrogen-bond donors (Lipinski definition) is 2. The predicted molar refractivity (Wildman–Crippen MR) is 78.1 cm³/mol. The molecule has 0 aromatic heterocycles. The summed E-state index contributed by atoms with van der Waals surface area (Å²) in [7, 11) is 0. The number of nitrogens with one attached hydrogen (secondary N) is 1. The highest BCUT2D eigenvalue weighted by Gasteiger charge is 2.38. The van der Waals surface area contributed by atoms with Gasteiger partial charge in [-0.05, 0) is 25.3 Å². The van der Waals surface area contributed by atoms with Gasteiger partial charge in [-0.2, -0.15) is 0 Å². The number of aliphatic carboxylic acids is 1. The molecule has 2 rings (SSSR count). The first-order chi connectivity index (χ1) is 9.99. The van der Waals surface area contributed by atoms with E-state index < -0.39 is 11.5 Å². The van der Waals surface area contributed by atoms with Gasteiger partial charge in [-0.15, -0.1) is 0 Å². The molecule has 1 atom stereocenters. The average molecular weight is 291 g/mol. The highest BCUT2D eigenvalue weighted by molar-refractivity contribution is 5.78. The third-order valence-corrected chi connectivity index (χ3v) is 3.76. The number of benzene rings is 1. The van der Waals surface area contributed by atoms with E-state index in [1.807, 2.05) is 31.2 Å². The lowest BCUT2D eigenvalue weighted by Gasteiger charge is -2.27. The Hall–Kier alpha value is -1.88. The molecule has 1 aromatic rings. The third-order valence-electron chi connectivity index (χ3n) is 3.76. The Morgan fingerprint density at radius 2 is 2.05 bits per heavy atom. The second-order valence-corrected chi connectivity index (χ2v) is 5.69. The first kappa shape index (κ1) is 15.5. The molecule has 114 valence electrons. The molecule has 1 amide bonds. The Morgan fingerprint density at radius 3 is 2.62 bits per heavy atom. The van der Waals surface area contributed by atoms with Crippen LogP contribution in [0.4, 0.5) is 0 Å². The lowest BCUT2D eigenvalue weighted by molar-refractivity contribution is -0.139. The summed E-state index contributed by atoms with van der Waals surface area (Å²) >= 11 is 0. The van der Waals surface area contributed by atoms with Crippen LogP contribution in [0, 0.1) is 6.92 Å². The van der Waals surface area contributed by atoms with E-state index in [1.165, 1.54) is 5.56 Å². The summed E-state index contributed by atoms with van der Waals surface area (Å²) in [5.41, 5.74) is 1.55. The summed E-state index contributed by atoms with van der Waals surface area (Å²) in [5.74, 6) is -1.04. The number of ether oxygens (including phenoxy) is 1. The number of hydrogen-bond acceptors (Lipinski definition) is 3. The molecule has 0 saturated carbocycles.